The van der Waals surface area contributed by atoms with Gasteiger partial charge in [-0.1, -0.05) is 27.7 Å². The number of hydrogen-bond acceptors (Lipinski definition) is 2. The van der Waals surface area contributed by atoms with Crippen LogP contribution in [0.4, 0.5) is 0 Å². The largest absolute Gasteiger partial charge is 0.378 e. The second-order valence-electron chi connectivity index (χ2n) is 5.88. The van der Waals surface area contributed by atoms with Crippen LogP contribution in [0.2, 0.25) is 0 Å². The fourth-order valence-electron chi connectivity index (χ4n) is 1.92. The molecule has 0 aromatic heterocycles. The summed E-state index contributed by atoms with van der Waals surface area (Å²) in [5.41, 5.74) is 0.347. The van der Waals surface area contributed by atoms with Gasteiger partial charge < -0.3 is 10.1 Å². The first-order valence-corrected chi connectivity index (χ1v) is 6.31. The maximum atomic E-state index is 5.68. The van der Waals surface area contributed by atoms with Crippen LogP contribution in [0, 0.1) is 5.41 Å². The topological polar surface area (TPSA) is 21.3 Å². The molecule has 0 aromatic rings. The van der Waals surface area contributed by atoms with E-state index in [2.05, 4.69) is 39.9 Å². The van der Waals surface area contributed by atoms with Crippen molar-refractivity contribution in [1.29, 1.82) is 0 Å². The molecule has 90 valence electrons. The van der Waals surface area contributed by atoms with Crippen LogP contribution in [0.3, 0.4) is 0 Å². The van der Waals surface area contributed by atoms with Crippen molar-refractivity contribution in [2.24, 2.45) is 5.41 Å². The third-order valence-electron chi connectivity index (χ3n) is 3.61. The van der Waals surface area contributed by atoms with Crippen LogP contribution in [-0.4, -0.2) is 24.8 Å². The third kappa shape index (κ3) is 4.12. The second kappa shape index (κ2) is 5.31. The molecule has 2 heteroatoms. The lowest BCUT2D eigenvalue weighted by atomic mass is 9.86. The van der Waals surface area contributed by atoms with E-state index in [9.17, 15) is 0 Å². The average molecular weight is 213 g/mol. The molecule has 3 atom stereocenters. The first-order valence-electron chi connectivity index (χ1n) is 6.31. The summed E-state index contributed by atoms with van der Waals surface area (Å²) in [4.78, 5) is 0. The Bertz CT molecular complexity index is 185. The van der Waals surface area contributed by atoms with Crippen LogP contribution in [0.15, 0.2) is 0 Å². The minimum Gasteiger partial charge on any atom is -0.378 e. The van der Waals surface area contributed by atoms with Gasteiger partial charge in [0.2, 0.25) is 0 Å². The van der Waals surface area contributed by atoms with Crippen molar-refractivity contribution in [3.05, 3.63) is 0 Å². The Labute approximate surface area is 94.8 Å². The molecule has 1 aliphatic rings. The molecule has 1 rings (SSSR count). The summed E-state index contributed by atoms with van der Waals surface area (Å²) < 4.78 is 5.68. The van der Waals surface area contributed by atoms with Gasteiger partial charge in [0.15, 0.2) is 0 Å². The van der Waals surface area contributed by atoms with Crippen molar-refractivity contribution in [3.63, 3.8) is 0 Å². The summed E-state index contributed by atoms with van der Waals surface area (Å²) in [6, 6.07) is 1.22. The zero-order valence-electron chi connectivity index (χ0n) is 11.0. The lowest BCUT2D eigenvalue weighted by molar-refractivity contribution is -0.00410. The van der Waals surface area contributed by atoms with E-state index in [4.69, 9.17) is 4.74 Å². The molecule has 0 saturated carbocycles. The van der Waals surface area contributed by atoms with Crippen molar-refractivity contribution in [3.8, 4) is 0 Å². The van der Waals surface area contributed by atoms with E-state index >= 15 is 0 Å². The second-order valence-corrected chi connectivity index (χ2v) is 5.88. The van der Waals surface area contributed by atoms with Crippen LogP contribution in [0.5, 0.6) is 0 Å². The summed E-state index contributed by atoms with van der Waals surface area (Å²) in [5, 5.41) is 3.74. The molecule has 1 heterocycles. The van der Waals surface area contributed by atoms with E-state index in [1.54, 1.807) is 0 Å². The minimum atomic E-state index is 0.347. The van der Waals surface area contributed by atoms with E-state index in [1.165, 1.54) is 6.42 Å². The van der Waals surface area contributed by atoms with E-state index in [0.717, 1.165) is 19.4 Å². The molecule has 0 radical (unpaired) electrons. The highest BCUT2D eigenvalue weighted by Gasteiger charge is 2.26. The van der Waals surface area contributed by atoms with Crippen molar-refractivity contribution < 1.29 is 4.74 Å². The SMILES string of the molecule is CCC1CC(NC(C)C(C)(C)C)CCO1. The Morgan fingerprint density at radius 3 is 2.60 bits per heavy atom. The quantitative estimate of drug-likeness (QED) is 0.778. The van der Waals surface area contributed by atoms with E-state index in [-0.39, 0.29) is 0 Å². The fraction of sp³-hybridized carbons (Fsp3) is 1.00. The Morgan fingerprint density at radius 1 is 1.40 bits per heavy atom. The van der Waals surface area contributed by atoms with E-state index in [1.807, 2.05) is 0 Å². The maximum absolute atomic E-state index is 5.68. The van der Waals surface area contributed by atoms with Crippen LogP contribution in [0.1, 0.15) is 53.9 Å². The number of hydrogen-bond donors (Lipinski definition) is 1. The van der Waals surface area contributed by atoms with Crippen LogP contribution in [0.25, 0.3) is 0 Å². The van der Waals surface area contributed by atoms with Gasteiger partial charge >= 0.3 is 0 Å². The zero-order valence-corrected chi connectivity index (χ0v) is 11.0. The summed E-state index contributed by atoms with van der Waals surface area (Å²) in [6.07, 6.45) is 3.96. The third-order valence-corrected chi connectivity index (χ3v) is 3.61. The van der Waals surface area contributed by atoms with Crippen LogP contribution >= 0.6 is 0 Å². The van der Waals surface area contributed by atoms with Gasteiger partial charge in [0.05, 0.1) is 6.10 Å². The summed E-state index contributed by atoms with van der Waals surface area (Å²) in [7, 11) is 0. The molecule has 0 aliphatic carbocycles. The molecule has 1 fully saturated rings. The monoisotopic (exact) mass is 213 g/mol. The number of ether oxygens (including phenoxy) is 1. The van der Waals surface area contributed by atoms with E-state index in [0.29, 0.717) is 23.6 Å². The van der Waals surface area contributed by atoms with Crippen molar-refractivity contribution in [2.75, 3.05) is 6.61 Å². The van der Waals surface area contributed by atoms with Gasteiger partial charge in [-0.25, -0.2) is 0 Å². The molecule has 3 unspecified atom stereocenters. The predicted molar refractivity (Wildman–Crippen MR) is 65.1 cm³/mol. The zero-order chi connectivity index (χ0) is 11.5. The highest BCUT2D eigenvalue weighted by atomic mass is 16.5. The average Bonchev–Trinajstić information content (AvgIpc) is 2.16. The summed E-state index contributed by atoms with van der Waals surface area (Å²) in [5.74, 6) is 0. The van der Waals surface area contributed by atoms with Gasteiger partial charge in [-0.05, 0) is 31.6 Å². The lowest BCUT2D eigenvalue weighted by Crippen LogP contribution is -2.47. The molecular formula is C13H27NO. The molecule has 1 N–H and O–H groups in total. The van der Waals surface area contributed by atoms with Crippen molar-refractivity contribution in [2.45, 2.75) is 72.1 Å². The Hall–Kier alpha value is -0.0800. The summed E-state index contributed by atoms with van der Waals surface area (Å²) in [6.45, 7) is 12.3. The highest BCUT2D eigenvalue weighted by molar-refractivity contribution is 4.83. The minimum absolute atomic E-state index is 0.347. The normalized spacial score (nSPS) is 30.2. The van der Waals surface area contributed by atoms with E-state index < -0.39 is 0 Å². The van der Waals surface area contributed by atoms with Crippen LogP contribution < -0.4 is 5.32 Å². The van der Waals surface area contributed by atoms with Crippen molar-refractivity contribution >= 4 is 0 Å². The van der Waals surface area contributed by atoms with Gasteiger partial charge in [0.25, 0.3) is 0 Å². The van der Waals surface area contributed by atoms with Crippen molar-refractivity contribution in [1.82, 2.24) is 5.32 Å². The smallest absolute Gasteiger partial charge is 0.0587 e. The maximum Gasteiger partial charge on any atom is 0.0587 e. The molecule has 0 spiro atoms. The number of rotatable bonds is 3. The number of nitrogens with one attached hydrogen (secondary N) is 1. The molecule has 1 aliphatic heterocycles. The molecular weight excluding hydrogens is 186 g/mol. The molecule has 1 saturated heterocycles. The first kappa shape index (κ1) is 13.0. The van der Waals surface area contributed by atoms with Crippen LogP contribution in [-0.2, 0) is 4.74 Å². The molecule has 0 amide bonds. The van der Waals surface area contributed by atoms with Gasteiger partial charge in [0.1, 0.15) is 0 Å². The predicted octanol–water partition coefficient (Wildman–Crippen LogP) is 2.97. The Kier molecular flexibility index (Phi) is 4.60. The fourth-order valence-corrected chi connectivity index (χ4v) is 1.92. The summed E-state index contributed by atoms with van der Waals surface area (Å²) >= 11 is 0. The van der Waals surface area contributed by atoms with Gasteiger partial charge in [-0.2, -0.15) is 0 Å². The molecule has 2 nitrogen and oxygen atoms in total. The van der Waals surface area contributed by atoms with Gasteiger partial charge in [0, 0.05) is 18.7 Å². The van der Waals surface area contributed by atoms with Gasteiger partial charge in [-0.15, -0.1) is 0 Å². The first-order chi connectivity index (χ1) is 6.93. The highest BCUT2D eigenvalue weighted by Crippen LogP contribution is 2.22. The molecule has 0 aromatic carbocycles. The molecule has 15 heavy (non-hydrogen) atoms. The van der Waals surface area contributed by atoms with Gasteiger partial charge in [-0.3, -0.25) is 0 Å². The standard InChI is InChI=1S/C13H27NO/c1-6-12-9-11(7-8-15-12)14-10(2)13(3,4)5/h10-12,14H,6-9H2,1-5H3. The molecule has 0 bridgehead atoms. The Morgan fingerprint density at radius 2 is 2.07 bits per heavy atom. The lowest BCUT2D eigenvalue weighted by Gasteiger charge is -2.36. The Balaban J connectivity index is 2.38.